The van der Waals surface area contributed by atoms with Gasteiger partial charge in [-0.05, 0) is 25.0 Å². The van der Waals surface area contributed by atoms with E-state index in [2.05, 4.69) is 32.0 Å². The molecule has 1 saturated heterocycles. The minimum absolute atomic E-state index is 0.793. The van der Waals surface area contributed by atoms with E-state index < -0.39 is 0 Å². The highest BCUT2D eigenvalue weighted by Crippen LogP contribution is 2.21. The van der Waals surface area contributed by atoms with Crippen molar-refractivity contribution >= 4 is 0 Å². The molecule has 1 heterocycles. The Morgan fingerprint density at radius 2 is 1.82 bits per heavy atom. The second-order valence-electron chi connectivity index (χ2n) is 4.68. The summed E-state index contributed by atoms with van der Waals surface area (Å²) in [6.45, 7) is 10.1. The Hall–Kier alpha value is -1.06. The minimum atomic E-state index is 0.793. The number of hydrogen-bond donors (Lipinski definition) is 1. The van der Waals surface area contributed by atoms with Crippen molar-refractivity contribution in [2.24, 2.45) is 0 Å². The van der Waals surface area contributed by atoms with Crippen molar-refractivity contribution in [1.82, 2.24) is 0 Å². The second kappa shape index (κ2) is 6.03. The molecule has 1 aliphatic rings. The highest BCUT2D eigenvalue weighted by atomic mass is 16.5. The maximum absolute atomic E-state index is 5.91. The Morgan fingerprint density at radius 1 is 1.18 bits per heavy atom. The van der Waals surface area contributed by atoms with Crippen LogP contribution in [0.4, 0.5) is 0 Å². The topological polar surface area (TPSA) is 22.9 Å². The van der Waals surface area contributed by atoms with Gasteiger partial charge in [0.1, 0.15) is 32.0 Å². The Kier molecular flexibility index (Phi) is 4.40. The molecule has 0 spiro atoms. The third kappa shape index (κ3) is 3.45. The zero-order chi connectivity index (χ0) is 12.1. The first-order valence-electron chi connectivity index (χ1n) is 6.37. The summed E-state index contributed by atoms with van der Waals surface area (Å²) < 4.78 is 11.2. The van der Waals surface area contributed by atoms with Crippen molar-refractivity contribution in [2.45, 2.75) is 13.8 Å². The van der Waals surface area contributed by atoms with Crippen LogP contribution in [0.15, 0.2) is 18.2 Å². The van der Waals surface area contributed by atoms with Crippen LogP contribution < -0.4 is 9.64 Å². The van der Waals surface area contributed by atoms with E-state index in [4.69, 9.17) is 9.47 Å². The average Bonchev–Trinajstić information content (AvgIpc) is 2.34. The predicted octanol–water partition coefficient (Wildman–Crippen LogP) is 0.597. The molecule has 1 aromatic carbocycles. The lowest BCUT2D eigenvalue weighted by atomic mass is 10.1. The lowest BCUT2D eigenvalue weighted by Gasteiger charge is -2.24. The van der Waals surface area contributed by atoms with Crippen LogP contribution >= 0.6 is 0 Å². The van der Waals surface area contributed by atoms with Crippen molar-refractivity contribution in [3.05, 3.63) is 29.3 Å². The summed E-state index contributed by atoms with van der Waals surface area (Å²) in [5.41, 5.74) is 2.45. The fourth-order valence-corrected chi connectivity index (χ4v) is 2.23. The fraction of sp³-hybridized carbons (Fsp3) is 0.571. The number of benzene rings is 1. The first-order valence-corrected chi connectivity index (χ1v) is 6.37. The summed E-state index contributed by atoms with van der Waals surface area (Å²) in [6, 6.07) is 6.28. The van der Waals surface area contributed by atoms with Gasteiger partial charge in [0.15, 0.2) is 0 Å². The van der Waals surface area contributed by atoms with E-state index in [1.807, 2.05) is 0 Å². The van der Waals surface area contributed by atoms with Gasteiger partial charge in [-0.3, -0.25) is 0 Å². The van der Waals surface area contributed by atoms with Crippen LogP contribution in [0.2, 0.25) is 0 Å². The molecule has 0 atom stereocenters. The summed E-state index contributed by atoms with van der Waals surface area (Å²) in [4.78, 5) is 1.59. The molecule has 1 aromatic rings. The van der Waals surface area contributed by atoms with E-state index in [1.54, 1.807) is 4.90 Å². The molecule has 1 N–H and O–H groups in total. The zero-order valence-electron chi connectivity index (χ0n) is 10.8. The SMILES string of the molecule is Cc1cccc(C)c1OCC[NH+]1CCOCC1. The molecule has 3 heteroatoms. The van der Waals surface area contributed by atoms with Gasteiger partial charge in [-0.15, -0.1) is 0 Å². The lowest BCUT2D eigenvalue weighted by molar-refractivity contribution is -0.908. The number of para-hydroxylation sites is 1. The van der Waals surface area contributed by atoms with Crippen LogP contribution in [-0.4, -0.2) is 39.5 Å². The number of quaternary nitrogens is 1. The van der Waals surface area contributed by atoms with Crippen molar-refractivity contribution < 1.29 is 14.4 Å². The quantitative estimate of drug-likeness (QED) is 0.827. The summed E-state index contributed by atoms with van der Waals surface area (Å²) in [6.07, 6.45) is 0. The number of nitrogens with one attached hydrogen (secondary N) is 1. The Balaban J connectivity index is 1.81. The van der Waals surface area contributed by atoms with Gasteiger partial charge in [-0.25, -0.2) is 0 Å². The lowest BCUT2D eigenvalue weighted by Crippen LogP contribution is -3.14. The van der Waals surface area contributed by atoms with Gasteiger partial charge in [-0.1, -0.05) is 18.2 Å². The second-order valence-corrected chi connectivity index (χ2v) is 4.68. The third-order valence-corrected chi connectivity index (χ3v) is 3.31. The monoisotopic (exact) mass is 236 g/mol. The van der Waals surface area contributed by atoms with Crippen LogP contribution in [0.3, 0.4) is 0 Å². The smallest absolute Gasteiger partial charge is 0.137 e. The van der Waals surface area contributed by atoms with Gasteiger partial charge in [0.05, 0.1) is 13.2 Å². The molecule has 94 valence electrons. The van der Waals surface area contributed by atoms with Gasteiger partial charge in [-0.2, -0.15) is 0 Å². The Labute approximate surface area is 103 Å². The van der Waals surface area contributed by atoms with Crippen LogP contribution in [0.1, 0.15) is 11.1 Å². The van der Waals surface area contributed by atoms with Crippen LogP contribution in [-0.2, 0) is 4.74 Å². The van der Waals surface area contributed by atoms with Gasteiger partial charge in [0.25, 0.3) is 0 Å². The van der Waals surface area contributed by atoms with Crippen molar-refractivity contribution in [2.75, 3.05) is 39.5 Å². The molecule has 2 rings (SSSR count). The molecule has 0 aromatic heterocycles. The number of hydrogen-bond acceptors (Lipinski definition) is 2. The van der Waals surface area contributed by atoms with Gasteiger partial charge >= 0.3 is 0 Å². The Morgan fingerprint density at radius 3 is 2.47 bits per heavy atom. The number of aryl methyl sites for hydroxylation is 2. The molecule has 1 aliphatic heterocycles. The molecule has 17 heavy (non-hydrogen) atoms. The molecular formula is C14H22NO2+. The van der Waals surface area contributed by atoms with E-state index in [9.17, 15) is 0 Å². The van der Waals surface area contributed by atoms with Crippen LogP contribution in [0.5, 0.6) is 5.75 Å². The maximum atomic E-state index is 5.91. The molecule has 3 nitrogen and oxygen atoms in total. The van der Waals surface area contributed by atoms with E-state index in [1.165, 1.54) is 11.1 Å². The minimum Gasteiger partial charge on any atom is -0.487 e. The van der Waals surface area contributed by atoms with Crippen molar-refractivity contribution in [3.8, 4) is 5.75 Å². The van der Waals surface area contributed by atoms with Crippen molar-refractivity contribution in [1.29, 1.82) is 0 Å². The molecular weight excluding hydrogens is 214 g/mol. The van der Waals surface area contributed by atoms with Gasteiger partial charge in [0, 0.05) is 0 Å². The molecule has 0 amide bonds. The first kappa shape index (κ1) is 12.4. The molecule has 1 fully saturated rings. The zero-order valence-corrected chi connectivity index (χ0v) is 10.8. The third-order valence-electron chi connectivity index (χ3n) is 3.31. The highest BCUT2D eigenvalue weighted by Gasteiger charge is 2.13. The van der Waals surface area contributed by atoms with Gasteiger partial charge in [0.2, 0.25) is 0 Å². The van der Waals surface area contributed by atoms with Crippen LogP contribution in [0.25, 0.3) is 0 Å². The summed E-state index contributed by atoms with van der Waals surface area (Å²) in [5, 5.41) is 0. The van der Waals surface area contributed by atoms with E-state index in [0.29, 0.717) is 0 Å². The molecule has 0 radical (unpaired) electrons. The van der Waals surface area contributed by atoms with Crippen LogP contribution in [0, 0.1) is 13.8 Å². The van der Waals surface area contributed by atoms with E-state index in [-0.39, 0.29) is 0 Å². The molecule has 0 bridgehead atoms. The normalized spacial score (nSPS) is 17.1. The highest BCUT2D eigenvalue weighted by molar-refractivity contribution is 5.39. The largest absolute Gasteiger partial charge is 0.487 e. The standard InChI is InChI=1S/C14H21NO2/c1-12-4-3-5-13(2)14(12)17-11-8-15-6-9-16-10-7-15/h3-5H,6-11H2,1-2H3/p+1. The summed E-state index contributed by atoms with van der Waals surface area (Å²) in [7, 11) is 0. The summed E-state index contributed by atoms with van der Waals surface area (Å²) in [5.74, 6) is 1.06. The van der Waals surface area contributed by atoms with Gasteiger partial charge < -0.3 is 14.4 Å². The number of ether oxygens (including phenoxy) is 2. The number of rotatable bonds is 4. The Bertz CT molecular complexity index is 339. The van der Waals surface area contributed by atoms with E-state index >= 15 is 0 Å². The van der Waals surface area contributed by atoms with Crippen molar-refractivity contribution in [3.63, 3.8) is 0 Å². The predicted molar refractivity (Wildman–Crippen MR) is 67.8 cm³/mol. The summed E-state index contributed by atoms with van der Waals surface area (Å²) >= 11 is 0. The van der Waals surface area contributed by atoms with E-state index in [0.717, 1.165) is 45.2 Å². The first-order chi connectivity index (χ1) is 8.27. The average molecular weight is 236 g/mol. The molecule has 0 unspecified atom stereocenters. The fourth-order valence-electron chi connectivity index (χ4n) is 2.23. The molecule has 0 aliphatic carbocycles. The maximum Gasteiger partial charge on any atom is 0.137 e. The number of morpholine rings is 1. The molecule has 0 saturated carbocycles.